The molecule has 0 saturated heterocycles. The SMILES string of the molecule is CC(=O)OCC(OC(C)=O)C(OC(C)=O)C(N=[N+]=[N-])C(OC(C)=O)C(=O)O. The molecule has 4 atom stereocenters. The lowest BCUT2D eigenvalue weighted by Gasteiger charge is -2.32. The topological polar surface area (TPSA) is 191 Å². The Labute approximate surface area is 153 Å². The number of carboxylic acid groups (broad SMARTS) is 1. The third kappa shape index (κ3) is 9.07. The van der Waals surface area contributed by atoms with Crippen LogP contribution in [0.1, 0.15) is 27.7 Å². The fourth-order valence-electron chi connectivity index (χ4n) is 1.97. The van der Waals surface area contributed by atoms with E-state index in [0.717, 1.165) is 27.7 Å². The number of carbonyl (C=O) groups is 5. The Morgan fingerprint density at radius 1 is 0.926 bits per heavy atom. The second-order valence-electron chi connectivity index (χ2n) is 5.09. The van der Waals surface area contributed by atoms with Crippen molar-refractivity contribution in [1.82, 2.24) is 0 Å². The maximum Gasteiger partial charge on any atom is 0.345 e. The number of nitrogens with zero attached hydrogens (tertiary/aromatic N) is 3. The first-order valence-electron chi connectivity index (χ1n) is 7.41. The molecule has 4 unspecified atom stereocenters. The van der Waals surface area contributed by atoms with Gasteiger partial charge in [-0.2, -0.15) is 0 Å². The standard InChI is InChI=1S/C14H19N3O10/c1-6(18)24-5-10(25-7(2)19)12(26-8(3)20)11(16-17-15)13(14(22)23)27-9(4)21/h10-13H,5H2,1-4H3,(H,22,23). The van der Waals surface area contributed by atoms with E-state index in [9.17, 15) is 29.1 Å². The summed E-state index contributed by atoms with van der Waals surface area (Å²) in [5.41, 5.74) is 8.76. The van der Waals surface area contributed by atoms with Gasteiger partial charge in [0, 0.05) is 32.6 Å². The molecular weight excluding hydrogens is 370 g/mol. The van der Waals surface area contributed by atoms with Crippen molar-refractivity contribution < 1.29 is 48.0 Å². The second kappa shape index (κ2) is 11.3. The minimum atomic E-state index is -2.07. The van der Waals surface area contributed by atoms with Crippen molar-refractivity contribution in [3.05, 3.63) is 10.4 Å². The molecule has 0 saturated carbocycles. The van der Waals surface area contributed by atoms with Gasteiger partial charge in [-0.25, -0.2) is 4.79 Å². The van der Waals surface area contributed by atoms with Crippen LogP contribution in [0.5, 0.6) is 0 Å². The van der Waals surface area contributed by atoms with Gasteiger partial charge in [0.05, 0.1) is 0 Å². The van der Waals surface area contributed by atoms with Gasteiger partial charge >= 0.3 is 29.8 Å². The highest BCUT2D eigenvalue weighted by atomic mass is 16.6. The van der Waals surface area contributed by atoms with Crippen LogP contribution in [0.15, 0.2) is 5.11 Å². The highest BCUT2D eigenvalue weighted by molar-refractivity contribution is 5.78. The van der Waals surface area contributed by atoms with E-state index in [4.69, 9.17) is 19.7 Å². The van der Waals surface area contributed by atoms with Gasteiger partial charge in [0.1, 0.15) is 12.6 Å². The van der Waals surface area contributed by atoms with E-state index in [1.807, 2.05) is 0 Å². The lowest BCUT2D eigenvalue weighted by molar-refractivity contribution is -0.183. The van der Waals surface area contributed by atoms with Crippen molar-refractivity contribution in [3.63, 3.8) is 0 Å². The molecule has 0 rings (SSSR count). The van der Waals surface area contributed by atoms with Crippen LogP contribution >= 0.6 is 0 Å². The average molecular weight is 389 g/mol. The summed E-state index contributed by atoms with van der Waals surface area (Å²) in [5, 5.41) is 12.5. The predicted octanol–water partition coefficient (Wildman–Crippen LogP) is 0.108. The van der Waals surface area contributed by atoms with Gasteiger partial charge in [-0.15, -0.1) is 0 Å². The van der Waals surface area contributed by atoms with Gasteiger partial charge < -0.3 is 24.1 Å². The van der Waals surface area contributed by atoms with Crippen molar-refractivity contribution in [2.24, 2.45) is 5.11 Å². The molecule has 0 aromatic carbocycles. The number of azide groups is 1. The number of rotatable bonds is 10. The summed E-state index contributed by atoms with van der Waals surface area (Å²) in [7, 11) is 0. The molecule has 0 bridgehead atoms. The molecule has 0 aliphatic carbocycles. The van der Waals surface area contributed by atoms with Crippen molar-refractivity contribution in [2.75, 3.05) is 6.61 Å². The summed E-state index contributed by atoms with van der Waals surface area (Å²) in [6.45, 7) is 3.27. The molecule has 27 heavy (non-hydrogen) atoms. The number of ether oxygens (including phenoxy) is 4. The Balaban J connectivity index is 6.12. The summed E-state index contributed by atoms with van der Waals surface area (Å²) >= 11 is 0. The van der Waals surface area contributed by atoms with Gasteiger partial charge in [-0.1, -0.05) is 5.11 Å². The normalized spacial score (nSPS) is 14.4. The molecule has 0 heterocycles. The van der Waals surface area contributed by atoms with Crippen LogP contribution in [0, 0.1) is 0 Å². The van der Waals surface area contributed by atoms with Crippen LogP contribution in [0.25, 0.3) is 10.4 Å². The van der Waals surface area contributed by atoms with Crippen LogP contribution in [0.4, 0.5) is 0 Å². The number of carboxylic acids is 1. The monoisotopic (exact) mass is 389 g/mol. The first kappa shape index (κ1) is 23.7. The zero-order valence-corrected chi connectivity index (χ0v) is 15.0. The molecule has 13 nitrogen and oxygen atoms in total. The smallest absolute Gasteiger partial charge is 0.345 e. The molecule has 0 aromatic rings. The largest absolute Gasteiger partial charge is 0.478 e. The van der Waals surface area contributed by atoms with E-state index in [1.165, 1.54) is 0 Å². The molecule has 0 aliphatic heterocycles. The minimum Gasteiger partial charge on any atom is -0.478 e. The van der Waals surface area contributed by atoms with E-state index in [2.05, 4.69) is 14.8 Å². The molecule has 0 spiro atoms. The van der Waals surface area contributed by atoms with Crippen LogP contribution in [-0.2, 0) is 42.9 Å². The first-order chi connectivity index (χ1) is 12.5. The van der Waals surface area contributed by atoms with E-state index in [0.29, 0.717) is 0 Å². The molecule has 0 amide bonds. The van der Waals surface area contributed by atoms with Crippen molar-refractivity contribution in [3.8, 4) is 0 Å². The van der Waals surface area contributed by atoms with Crippen LogP contribution in [-0.4, -0.2) is 65.9 Å². The predicted molar refractivity (Wildman–Crippen MR) is 83.9 cm³/mol. The zero-order valence-electron chi connectivity index (χ0n) is 15.0. The third-order valence-electron chi connectivity index (χ3n) is 2.80. The fourth-order valence-corrected chi connectivity index (χ4v) is 1.97. The number of aliphatic carboxylic acids is 1. The minimum absolute atomic E-state index is 0.642. The maximum absolute atomic E-state index is 11.5. The quantitative estimate of drug-likeness (QED) is 0.176. The maximum atomic E-state index is 11.5. The molecule has 0 aliphatic rings. The zero-order chi connectivity index (χ0) is 21.1. The van der Waals surface area contributed by atoms with Gasteiger partial charge in [0.25, 0.3) is 0 Å². The summed E-state index contributed by atoms with van der Waals surface area (Å²) in [5.74, 6) is -5.35. The molecule has 13 heteroatoms. The van der Waals surface area contributed by atoms with Gasteiger partial charge in [0.15, 0.2) is 12.2 Å². The molecule has 150 valence electrons. The Kier molecular flexibility index (Phi) is 9.91. The number of esters is 4. The van der Waals surface area contributed by atoms with E-state index in [-0.39, 0.29) is 0 Å². The van der Waals surface area contributed by atoms with Crippen LogP contribution in [0.3, 0.4) is 0 Å². The van der Waals surface area contributed by atoms with Crippen molar-refractivity contribution in [1.29, 1.82) is 0 Å². The van der Waals surface area contributed by atoms with E-state index < -0.39 is 60.8 Å². The summed E-state index contributed by atoms with van der Waals surface area (Å²) in [4.78, 5) is 58.9. The first-order valence-corrected chi connectivity index (χ1v) is 7.41. The summed E-state index contributed by atoms with van der Waals surface area (Å²) < 4.78 is 19.2. The van der Waals surface area contributed by atoms with Gasteiger partial charge in [-0.05, 0) is 5.53 Å². The second-order valence-corrected chi connectivity index (χ2v) is 5.09. The van der Waals surface area contributed by atoms with Crippen LogP contribution in [0.2, 0.25) is 0 Å². The molecule has 0 radical (unpaired) electrons. The highest BCUT2D eigenvalue weighted by Crippen LogP contribution is 2.20. The van der Waals surface area contributed by atoms with E-state index in [1.54, 1.807) is 0 Å². The molecule has 0 aromatic heterocycles. The molecule has 0 fully saturated rings. The van der Waals surface area contributed by atoms with Crippen molar-refractivity contribution >= 4 is 29.8 Å². The Morgan fingerprint density at radius 2 is 1.44 bits per heavy atom. The molecular formula is C14H19N3O10. The Morgan fingerprint density at radius 3 is 1.81 bits per heavy atom. The molecule has 1 N–H and O–H groups in total. The fraction of sp³-hybridized carbons (Fsp3) is 0.643. The Hall–Kier alpha value is -3.34. The Bertz CT molecular complexity index is 643. The lowest BCUT2D eigenvalue weighted by atomic mass is 10.00. The number of hydrogen-bond donors (Lipinski definition) is 1. The highest BCUT2D eigenvalue weighted by Gasteiger charge is 2.44. The number of hydrogen-bond acceptors (Lipinski definition) is 10. The van der Waals surface area contributed by atoms with Crippen molar-refractivity contribution in [2.45, 2.75) is 52.0 Å². The summed E-state index contributed by atoms with van der Waals surface area (Å²) in [6.07, 6.45) is -5.34. The van der Waals surface area contributed by atoms with Gasteiger partial charge in [0.2, 0.25) is 6.10 Å². The third-order valence-corrected chi connectivity index (χ3v) is 2.80. The average Bonchev–Trinajstić information content (AvgIpc) is 2.51. The van der Waals surface area contributed by atoms with E-state index >= 15 is 0 Å². The summed E-state index contributed by atoms with van der Waals surface area (Å²) in [6, 6.07) is -1.83. The number of carbonyl (C=O) groups excluding carboxylic acids is 4. The lowest BCUT2D eigenvalue weighted by Crippen LogP contribution is -2.52. The van der Waals surface area contributed by atoms with Crippen LogP contribution < -0.4 is 0 Å². The van der Waals surface area contributed by atoms with Gasteiger partial charge in [-0.3, -0.25) is 19.2 Å².